The van der Waals surface area contributed by atoms with Gasteiger partial charge in [0.1, 0.15) is 24.1 Å². The van der Waals surface area contributed by atoms with Crippen LogP contribution < -0.4 is 4.74 Å². The monoisotopic (exact) mass is 458 g/mol. The Morgan fingerprint density at radius 2 is 1.85 bits per heavy atom. The maximum atomic E-state index is 8.82. The van der Waals surface area contributed by atoms with Gasteiger partial charge in [-0.1, -0.05) is 15.9 Å². The molecule has 0 atom stereocenters. The second kappa shape index (κ2) is 7.21. The first-order valence-electron chi connectivity index (χ1n) is 5.65. The SMILES string of the molecule is N#Cc1cc(COc2c(Br)cc(CBr)cc2Br)ccn1. The summed E-state index contributed by atoms with van der Waals surface area (Å²) in [5, 5.41) is 9.60. The number of rotatable bonds is 4. The molecule has 2 rings (SSSR count). The maximum Gasteiger partial charge on any atom is 0.148 e. The maximum absolute atomic E-state index is 8.82. The van der Waals surface area contributed by atoms with E-state index in [0.29, 0.717) is 12.3 Å². The first kappa shape index (κ1) is 15.5. The topological polar surface area (TPSA) is 45.9 Å². The van der Waals surface area contributed by atoms with E-state index in [-0.39, 0.29) is 0 Å². The van der Waals surface area contributed by atoms with E-state index in [0.717, 1.165) is 31.2 Å². The van der Waals surface area contributed by atoms with Crippen molar-refractivity contribution in [1.82, 2.24) is 4.98 Å². The number of nitrogens with zero attached hydrogens (tertiary/aromatic N) is 2. The van der Waals surface area contributed by atoms with Crippen molar-refractivity contribution in [2.45, 2.75) is 11.9 Å². The second-order valence-corrected chi connectivity index (χ2v) is 6.24. The summed E-state index contributed by atoms with van der Waals surface area (Å²) in [6, 6.07) is 9.56. The number of alkyl halides is 1. The number of benzene rings is 1. The number of nitriles is 1. The molecule has 0 fully saturated rings. The Kier molecular flexibility index (Phi) is 5.58. The van der Waals surface area contributed by atoms with Crippen LogP contribution in [0.2, 0.25) is 0 Å². The quantitative estimate of drug-likeness (QED) is 0.606. The average Bonchev–Trinajstić information content (AvgIpc) is 2.46. The lowest BCUT2D eigenvalue weighted by Crippen LogP contribution is -1.98. The van der Waals surface area contributed by atoms with Crippen molar-refractivity contribution >= 4 is 47.8 Å². The smallest absolute Gasteiger partial charge is 0.148 e. The van der Waals surface area contributed by atoms with Crippen molar-refractivity contribution in [3.05, 3.63) is 56.2 Å². The van der Waals surface area contributed by atoms with Gasteiger partial charge in [0, 0.05) is 11.5 Å². The van der Waals surface area contributed by atoms with Gasteiger partial charge in [0.15, 0.2) is 0 Å². The fraction of sp³-hybridized carbons (Fsp3) is 0.143. The Labute approximate surface area is 142 Å². The van der Waals surface area contributed by atoms with Gasteiger partial charge in [0.25, 0.3) is 0 Å². The molecule has 0 aliphatic carbocycles. The van der Waals surface area contributed by atoms with Crippen LogP contribution in [0.3, 0.4) is 0 Å². The summed E-state index contributed by atoms with van der Waals surface area (Å²) < 4.78 is 7.58. The molecule has 0 unspecified atom stereocenters. The molecule has 0 saturated carbocycles. The summed E-state index contributed by atoms with van der Waals surface area (Å²) in [7, 11) is 0. The van der Waals surface area contributed by atoms with Gasteiger partial charge < -0.3 is 4.74 Å². The molecule has 0 aliphatic rings. The largest absolute Gasteiger partial charge is 0.487 e. The molecule has 1 aromatic carbocycles. The third kappa shape index (κ3) is 3.81. The minimum atomic E-state index is 0.377. The van der Waals surface area contributed by atoms with Crippen molar-refractivity contribution in [3.63, 3.8) is 0 Å². The third-order valence-corrected chi connectivity index (χ3v) is 4.36. The highest BCUT2D eigenvalue weighted by molar-refractivity contribution is 9.11. The zero-order valence-corrected chi connectivity index (χ0v) is 15.0. The highest BCUT2D eigenvalue weighted by Gasteiger charge is 2.09. The molecule has 0 N–H and O–H groups in total. The van der Waals surface area contributed by atoms with Gasteiger partial charge in [0.05, 0.1) is 8.95 Å². The summed E-state index contributed by atoms with van der Waals surface area (Å²) >= 11 is 10.4. The molecule has 20 heavy (non-hydrogen) atoms. The predicted octanol–water partition coefficient (Wildman–Crippen LogP) is 4.95. The van der Waals surface area contributed by atoms with Gasteiger partial charge in [-0.3, -0.25) is 0 Å². The van der Waals surface area contributed by atoms with E-state index < -0.39 is 0 Å². The van der Waals surface area contributed by atoms with Crippen molar-refractivity contribution in [2.75, 3.05) is 0 Å². The van der Waals surface area contributed by atoms with Crippen molar-refractivity contribution < 1.29 is 4.74 Å². The molecule has 0 aliphatic heterocycles. The van der Waals surface area contributed by atoms with E-state index in [1.165, 1.54) is 0 Å². The summed E-state index contributed by atoms with van der Waals surface area (Å²) in [6.07, 6.45) is 1.61. The Balaban J connectivity index is 2.17. The molecule has 1 aromatic heterocycles. The first-order chi connectivity index (χ1) is 9.63. The molecule has 3 nitrogen and oxygen atoms in total. The summed E-state index contributed by atoms with van der Waals surface area (Å²) in [5.41, 5.74) is 2.44. The lowest BCUT2D eigenvalue weighted by Gasteiger charge is -2.11. The highest BCUT2D eigenvalue weighted by Crippen LogP contribution is 2.35. The summed E-state index contributed by atoms with van der Waals surface area (Å²) in [6.45, 7) is 0.377. The Morgan fingerprint density at radius 1 is 1.15 bits per heavy atom. The molecule has 2 aromatic rings. The number of hydrogen-bond donors (Lipinski definition) is 0. The number of halogens is 3. The Bertz CT molecular complexity index is 645. The van der Waals surface area contributed by atoms with Gasteiger partial charge in [-0.2, -0.15) is 5.26 Å². The number of aromatic nitrogens is 1. The zero-order chi connectivity index (χ0) is 14.5. The minimum absolute atomic E-state index is 0.377. The van der Waals surface area contributed by atoms with E-state index in [1.54, 1.807) is 12.3 Å². The molecular formula is C14H9Br3N2O. The van der Waals surface area contributed by atoms with Crippen LogP contribution in [0.4, 0.5) is 0 Å². The number of pyridine rings is 1. The van der Waals surface area contributed by atoms with Crippen molar-refractivity contribution in [3.8, 4) is 11.8 Å². The van der Waals surface area contributed by atoms with Crippen LogP contribution in [-0.4, -0.2) is 4.98 Å². The van der Waals surface area contributed by atoms with Gasteiger partial charge >= 0.3 is 0 Å². The molecule has 0 bridgehead atoms. The van der Waals surface area contributed by atoms with Gasteiger partial charge in [0.2, 0.25) is 0 Å². The van der Waals surface area contributed by atoms with Crippen LogP contribution in [-0.2, 0) is 11.9 Å². The first-order valence-corrected chi connectivity index (χ1v) is 8.36. The normalized spacial score (nSPS) is 10.1. The van der Waals surface area contributed by atoms with E-state index in [4.69, 9.17) is 10.00 Å². The molecule has 0 amide bonds. The van der Waals surface area contributed by atoms with Crippen LogP contribution in [0.1, 0.15) is 16.8 Å². The van der Waals surface area contributed by atoms with Crippen molar-refractivity contribution in [2.24, 2.45) is 0 Å². The molecule has 1 heterocycles. The fourth-order valence-electron chi connectivity index (χ4n) is 1.61. The summed E-state index contributed by atoms with van der Waals surface area (Å²) in [5.74, 6) is 0.741. The van der Waals surface area contributed by atoms with E-state index >= 15 is 0 Å². The zero-order valence-electron chi connectivity index (χ0n) is 10.2. The standard InChI is InChI=1S/C14H9Br3N2O/c15-6-10-4-12(16)14(13(17)5-10)20-8-9-1-2-19-11(3-9)7-18/h1-5H,6,8H2. The third-order valence-electron chi connectivity index (χ3n) is 2.53. The molecule has 0 saturated heterocycles. The average molecular weight is 461 g/mol. The van der Waals surface area contributed by atoms with E-state index in [1.807, 2.05) is 24.3 Å². The number of ether oxygens (including phenoxy) is 1. The van der Waals surface area contributed by atoms with Crippen LogP contribution in [0.25, 0.3) is 0 Å². The minimum Gasteiger partial charge on any atom is -0.487 e. The van der Waals surface area contributed by atoms with Gasteiger partial charge in [-0.15, -0.1) is 0 Å². The van der Waals surface area contributed by atoms with Crippen LogP contribution in [0.5, 0.6) is 5.75 Å². The lowest BCUT2D eigenvalue weighted by molar-refractivity contribution is 0.302. The Hall–Kier alpha value is -0.900. The van der Waals surface area contributed by atoms with Gasteiger partial charge in [-0.25, -0.2) is 4.98 Å². The fourth-order valence-corrected chi connectivity index (χ4v) is 3.44. The molecule has 0 spiro atoms. The predicted molar refractivity (Wildman–Crippen MR) is 87.8 cm³/mol. The molecular weight excluding hydrogens is 452 g/mol. The Morgan fingerprint density at radius 3 is 2.45 bits per heavy atom. The van der Waals surface area contributed by atoms with E-state index in [9.17, 15) is 0 Å². The van der Waals surface area contributed by atoms with Crippen LogP contribution in [0.15, 0.2) is 39.4 Å². The molecule has 102 valence electrons. The number of hydrogen-bond acceptors (Lipinski definition) is 3. The summed E-state index contributed by atoms with van der Waals surface area (Å²) in [4.78, 5) is 3.93. The lowest BCUT2D eigenvalue weighted by atomic mass is 10.2. The second-order valence-electron chi connectivity index (χ2n) is 3.97. The van der Waals surface area contributed by atoms with E-state index in [2.05, 4.69) is 52.8 Å². The van der Waals surface area contributed by atoms with Gasteiger partial charge in [-0.05, 0) is 67.3 Å². The van der Waals surface area contributed by atoms with Crippen LogP contribution >= 0.6 is 47.8 Å². The van der Waals surface area contributed by atoms with Crippen LogP contribution in [0, 0.1) is 11.3 Å². The molecule has 6 heteroatoms. The highest BCUT2D eigenvalue weighted by atomic mass is 79.9. The molecule has 0 radical (unpaired) electrons. The van der Waals surface area contributed by atoms with Crippen molar-refractivity contribution in [1.29, 1.82) is 5.26 Å².